The minimum Gasteiger partial charge on any atom is -0.328 e. The summed E-state index contributed by atoms with van der Waals surface area (Å²) in [6, 6.07) is 13.4. The van der Waals surface area contributed by atoms with Gasteiger partial charge in [-0.25, -0.2) is 4.39 Å². The molecule has 2 aromatic carbocycles. The van der Waals surface area contributed by atoms with Crippen LogP contribution in [0.15, 0.2) is 60.9 Å². The van der Waals surface area contributed by atoms with Crippen LogP contribution in [0.1, 0.15) is 24.4 Å². The molecule has 5 nitrogen and oxygen atoms in total. The molecule has 1 aliphatic heterocycles. The van der Waals surface area contributed by atoms with E-state index in [2.05, 4.69) is 10.1 Å². The lowest BCUT2D eigenvalue weighted by Gasteiger charge is -2.15. The van der Waals surface area contributed by atoms with Crippen molar-refractivity contribution in [2.24, 2.45) is 7.05 Å². The van der Waals surface area contributed by atoms with E-state index < -0.39 is 6.50 Å². The highest BCUT2D eigenvalue weighted by molar-refractivity contribution is 5.97. The fourth-order valence-corrected chi connectivity index (χ4v) is 3.52. The van der Waals surface area contributed by atoms with Crippen molar-refractivity contribution in [3.05, 3.63) is 83.6 Å². The molecule has 0 atom stereocenters. The predicted octanol–water partition coefficient (Wildman–Crippen LogP) is 3.93. The Bertz CT molecular complexity index is 1300. The molecule has 0 saturated carbocycles. The second kappa shape index (κ2) is 6.27. The van der Waals surface area contributed by atoms with Crippen LogP contribution in [-0.2, 0) is 20.1 Å². The lowest BCUT2D eigenvalue weighted by atomic mass is 10.0. The first-order valence-electron chi connectivity index (χ1n) is 9.84. The fourth-order valence-electron chi connectivity index (χ4n) is 3.52. The highest BCUT2D eigenvalue weighted by Gasteiger charge is 2.27. The number of hydrogen-bond donors (Lipinski definition) is 0. The Kier molecular flexibility index (Phi) is 3.25. The number of pyridine rings is 1. The van der Waals surface area contributed by atoms with Crippen LogP contribution < -0.4 is 0 Å². The van der Waals surface area contributed by atoms with E-state index in [0.717, 1.165) is 22.1 Å². The molecule has 0 radical (unpaired) electrons. The van der Waals surface area contributed by atoms with Crippen molar-refractivity contribution in [2.75, 3.05) is 0 Å². The van der Waals surface area contributed by atoms with Gasteiger partial charge in [-0.2, -0.15) is 5.10 Å². The predicted molar refractivity (Wildman–Crippen MR) is 104 cm³/mol. The van der Waals surface area contributed by atoms with Crippen LogP contribution in [0.5, 0.6) is 0 Å². The number of carbonyl (C=O) groups is 1. The summed E-state index contributed by atoms with van der Waals surface area (Å²) in [5.41, 5.74) is 3.33. The number of halogens is 1. The van der Waals surface area contributed by atoms with Crippen LogP contribution in [0, 0.1) is 5.82 Å². The molecule has 0 unspecified atom stereocenters. The van der Waals surface area contributed by atoms with Gasteiger partial charge in [0.05, 0.1) is 26.0 Å². The summed E-state index contributed by atoms with van der Waals surface area (Å²) < 4.78 is 32.4. The number of carbonyl (C=O) groups excluding carboxylic acids is 1. The maximum atomic E-state index is 14.1. The van der Waals surface area contributed by atoms with Gasteiger partial charge < -0.3 is 4.90 Å². The van der Waals surface area contributed by atoms with Gasteiger partial charge in [-0.05, 0) is 34.9 Å². The number of benzene rings is 2. The molecule has 4 aromatic rings. The van der Waals surface area contributed by atoms with E-state index in [9.17, 15) is 9.18 Å². The molecule has 1 aliphatic rings. The van der Waals surface area contributed by atoms with E-state index in [-0.39, 0.29) is 29.5 Å². The Morgan fingerprint density at radius 1 is 1.18 bits per heavy atom. The SMILES string of the molecule is [2H]C1([2H])c2ncccc2C(=O)N1Cc1ccc(-c2cc(F)cc3nn(C)cc23)cc1. The zero-order valence-corrected chi connectivity index (χ0v) is 15.1. The molecular formula is C22H17FN4O. The zero-order chi connectivity index (χ0) is 21.0. The van der Waals surface area contributed by atoms with Crippen molar-refractivity contribution < 1.29 is 11.9 Å². The molecule has 0 aliphatic carbocycles. The van der Waals surface area contributed by atoms with Crippen LogP contribution in [0.25, 0.3) is 22.0 Å². The molecule has 3 heterocycles. The van der Waals surface area contributed by atoms with Crippen molar-refractivity contribution in [1.82, 2.24) is 19.7 Å². The lowest BCUT2D eigenvalue weighted by Crippen LogP contribution is -2.23. The molecule has 5 rings (SSSR count). The van der Waals surface area contributed by atoms with Gasteiger partial charge in [0, 0.05) is 37.4 Å². The Labute approximate surface area is 163 Å². The van der Waals surface area contributed by atoms with Crippen molar-refractivity contribution in [3.8, 4) is 11.1 Å². The monoisotopic (exact) mass is 374 g/mol. The number of amides is 1. The standard InChI is InChI=1S/C22H17FN4O/c1-26-12-19-18(9-16(23)10-20(19)25-26)15-6-4-14(5-7-15)11-27-13-21-17(22(27)28)3-2-8-24-21/h2-10,12H,11,13H2,1H3/i13D2. The molecule has 6 heteroatoms. The summed E-state index contributed by atoms with van der Waals surface area (Å²) in [5.74, 6) is -0.740. The third kappa shape index (κ3) is 2.74. The van der Waals surface area contributed by atoms with Crippen molar-refractivity contribution in [1.29, 1.82) is 0 Å². The van der Waals surface area contributed by atoms with Gasteiger partial charge in [-0.1, -0.05) is 24.3 Å². The minimum atomic E-state index is -1.98. The van der Waals surface area contributed by atoms with Gasteiger partial charge in [0.1, 0.15) is 5.82 Å². The molecule has 0 bridgehead atoms. The van der Waals surface area contributed by atoms with Crippen molar-refractivity contribution in [2.45, 2.75) is 13.0 Å². The van der Waals surface area contributed by atoms with Crippen LogP contribution in [0.3, 0.4) is 0 Å². The molecule has 28 heavy (non-hydrogen) atoms. The molecular weight excluding hydrogens is 355 g/mol. The number of hydrogen-bond acceptors (Lipinski definition) is 3. The molecule has 2 aromatic heterocycles. The highest BCUT2D eigenvalue weighted by Crippen LogP contribution is 2.30. The summed E-state index contributed by atoms with van der Waals surface area (Å²) in [6.45, 7) is -1.87. The number of fused-ring (bicyclic) bond motifs is 2. The average molecular weight is 374 g/mol. The minimum absolute atomic E-state index is 0.105. The summed E-state index contributed by atoms with van der Waals surface area (Å²) in [6.07, 6.45) is 3.33. The summed E-state index contributed by atoms with van der Waals surface area (Å²) >= 11 is 0. The second-order valence-electron chi connectivity index (χ2n) is 6.79. The van der Waals surface area contributed by atoms with E-state index in [0.29, 0.717) is 5.52 Å². The maximum Gasteiger partial charge on any atom is 0.256 e. The molecule has 0 N–H and O–H groups in total. The largest absolute Gasteiger partial charge is 0.328 e. The van der Waals surface area contributed by atoms with Crippen molar-refractivity contribution >= 4 is 16.8 Å². The normalized spacial score (nSPS) is 16.2. The van der Waals surface area contributed by atoms with E-state index in [4.69, 9.17) is 2.74 Å². The van der Waals surface area contributed by atoms with Crippen LogP contribution in [0.2, 0.25) is 0 Å². The Balaban J connectivity index is 1.47. The van der Waals surface area contributed by atoms with E-state index in [1.54, 1.807) is 23.9 Å². The summed E-state index contributed by atoms with van der Waals surface area (Å²) in [5, 5.41) is 5.12. The molecule has 0 fully saturated rings. The Morgan fingerprint density at radius 2 is 2.00 bits per heavy atom. The highest BCUT2D eigenvalue weighted by atomic mass is 19.1. The first kappa shape index (κ1) is 14.5. The van der Waals surface area contributed by atoms with Gasteiger partial charge >= 0.3 is 0 Å². The summed E-state index contributed by atoms with van der Waals surface area (Å²) in [4.78, 5) is 17.9. The quantitative estimate of drug-likeness (QED) is 0.546. The lowest BCUT2D eigenvalue weighted by molar-refractivity contribution is 0.0766. The second-order valence-corrected chi connectivity index (χ2v) is 6.79. The zero-order valence-electron chi connectivity index (χ0n) is 17.1. The van der Waals surface area contributed by atoms with Crippen LogP contribution in [0.4, 0.5) is 4.39 Å². The van der Waals surface area contributed by atoms with Crippen LogP contribution >= 0.6 is 0 Å². The Hall–Kier alpha value is -3.54. The first-order chi connectivity index (χ1) is 14.3. The third-order valence-corrected chi connectivity index (χ3v) is 4.83. The van der Waals surface area contributed by atoms with E-state index in [1.165, 1.54) is 23.2 Å². The van der Waals surface area contributed by atoms with Crippen molar-refractivity contribution in [3.63, 3.8) is 0 Å². The van der Waals surface area contributed by atoms with Gasteiger partial charge in [-0.15, -0.1) is 0 Å². The smallest absolute Gasteiger partial charge is 0.256 e. The van der Waals surface area contributed by atoms with E-state index in [1.807, 2.05) is 30.5 Å². The summed E-state index contributed by atoms with van der Waals surface area (Å²) in [7, 11) is 1.79. The fraction of sp³-hybridized carbons (Fsp3) is 0.136. The molecule has 1 amide bonds. The Morgan fingerprint density at radius 3 is 2.79 bits per heavy atom. The topological polar surface area (TPSA) is 51.0 Å². The number of nitrogens with zero attached hydrogens (tertiary/aromatic N) is 4. The number of rotatable bonds is 3. The van der Waals surface area contributed by atoms with Crippen LogP contribution in [-0.4, -0.2) is 25.6 Å². The molecule has 0 saturated heterocycles. The first-order valence-corrected chi connectivity index (χ1v) is 8.84. The van der Waals surface area contributed by atoms with E-state index >= 15 is 0 Å². The van der Waals surface area contributed by atoms with Gasteiger partial charge in [0.25, 0.3) is 5.91 Å². The number of aromatic nitrogens is 3. The van der Waals surface area contributed by atoms with Gasteiger partial charge in [0.2, 0.25) is 0 Å². The maximum absolute atomic E-state index is 14.1. The average Bonchev–Trinajstić information content (AvgIpc) is 3.18. The molecule has 138 valence electrons. The number of aryl methyl sites for hydroxylation is 1. The van der Waals surface area contributed by atoms with Gasteiger partial charge in [0.15, 0.2) is 0 Å². The van der Waals surface area contributed by atoms with Gasteiger partial charge in [-0.3, -0.25) is 14.5 Å². The molecule has 0 spiro atoms. The third-order valence-electron chi connectivity index (χ3n) is 4.83.